The normalized spacial score (nSPS) is 40.2. The average molecular weight is 363 g/mol. The third-order valence-corrected chi connectivity index (χ3v) is 7.69. The Kier molecular flexibility index (Phi) is 4.09. The molecule has 0 aromatic heterocycles. The van der Waals surface area contributed by atoms with Gasteiger partial charge in [0.25, 0.3) is 0 Å². The number of ketones is 1. The highest BCUT2D eigenvalue weighted by atomic mass is 16.5. The van der Waals surface area contributed by atoms with Crippen LogP contribution in [0.4, 0.5) is 0 Å². The van der Waals surface area contributed by atoms with Gasteiger partial charge in [-0.1, -0.05) is 13.8 Å². The Morgan fingerprint density at radius 1 is 0.885 bits per heavy atom. The molecule has 3 aliphatic heterocycles. The van der Waals surface area contributed by atoms with Crippen molar-refractivity contribution in [1.29, 1.82) is 0 Å². The van der Waals surface area contributed by atoms with Crippen LogP contribution in [-0.2, 0) is 9.53 Å². The fraction of sp³-hybridized carbons (Fsp3) is 0.864. The number of piperidine rings is 1. The Morgan fingerprint density at radius 2 is 1.42 bits per heavy atom. The van der Waals surface area contributed by atoms with Crippen LogP contribution in [0.3, 0.4) is 0 Å². The van der Waals surface area contributed by atoms with Crippen molar-refractivity contribution >= 4 is 5.78 Å². The van der Waals surface area contributed by atoms with Crippen LogP contribution in [0.2, 0.25) is 0 Å². The van der Waals surface area contributed by atoms with E-state index in [9.17, 15) is 4.79 Å². The van der Waals surface area contributed by atoms with Crippen LogP contribution in [-0.4, -0.2) is 33.5 Å². The molecule has 4 heteroatoms. The maximum absolute atomic E-state index is 13.6. The van der Waals surface area contributed by atoms with Crippen molar-refractivity contribution in [2.75, 3.05) is 0 Å². The second kappa shape index (κ2) is 5.35. The number of rotatable bonds is 0. The van der Waals surface area contributed by atoms with Crippen LogP contribution in [0.15, 0.2) is 11.3 Å². The van der Waals surface area contributed by atoms with E-state index in [2.05, 4.69) is 72.9 Å². The first-order valence-electron chi connectivity index (χ1n) is 10.1. The van der Waals surface area contributed by atoms with E-state index in [0.717, 1.165) is 18.6 Å². The summed E-state index contributed by atoms with van der Waals surface area (Å²) in [7, 11) is 0. The molecule has 1 spiro atoms. The van der Waals surface area contributed by atoms with Crippen molar-refractivity contribution in [1.82, 2.24) is 10.6 Å². The molecule has 1 fully saturated rings. The highest BCUT2D eigenvalue weighted by molar-refractivity contribution is 5.93. The van der Waals surface area contributed by atoms with Crippen molar-refractivity contribution in [3.63, 3.8) is 0 Å². The number of ether oxygens (including phenoxy) is 1. The lowest BCUT2D eigenvalue weighted by Gasteiger charge is -2.60. The van der Waals surface area contributed by atoms with Gasteiger partial charge in [-0.3, -0.25) is 4.79 Å². The molecule has 4 nitrogen and oxygen atoms in total. The van der Waals surface area contributed by atoms with Crippen LogP contribution in [0.1, 0.15) is 82.1 Å². The average Bonchev–Trinajstić information content (AvgIpc) is 2.47. The summed E-state index contributed by atoms with van der Waals surface area (Å²) >= 11 is 0. The largest absolute Gasteiger partial charge is 0.482 e. The lowest BCUT2D eigenvalue weighted by molar-refractivity contribution is -0.175. The highest BCUT2D eigenvalue weighted by Crippen LogP contribution is 2.52. The molecule has 0 radical (unpaired) electrons. The molecular formula is C22H38N2O2. The van der Waals surface area contributed by atoms with Crippen LogP contribution < -0.4 is 10.6 Å². The molecule has 3 rings (SSSR count). The molecule has 0 unspecified atom stereocenters. The molecule has 1 saturated heterocycles. The van der Waals surface area contributed by atoms with E-state index >= 15 is 0 Å². The summed E-state index contributed by atoms with van der Waals surface area (Å²) < 4.78 is 6.82. The first-order valence-corrected chi connectivity index (χ1v) is 10.1. The smallest absolute Gasteiger partial charge is 0.184 e. The molecule has 0 saturated carbocycles. The topological polar surface area (TPSA) is 50.4 Å². The van der Waals surface area contributed by atoms with Gasteiger partial charge in [0.2, 0.25) is 0 Å². The molecule has 26 heavy (non-hydrogen) atoms. The Morgan fingerprint density at radius 3 is 2.00 bits per heavy atom. The van der Waals surface area contributed by atoms with E-state index in [-0.39, 0.29) is 34.2 Å². The zero-order valence-electron chi connectivity index (χ0n) is 18.4. The SMILES string of the molecule is C[C@@H]1C(=O)[C@]2(CCC3=C(O2)[C@@H](C)C(C)(C)NC3(C)C)C(C)(C)NC1(C)C. The summed E-state index contributed by atoms with van der Waals surface area (Å²) in [5.41, 5.74) is -0.317. The molecular weight excluding hydrogens is 324 g/mol. The summed E-state index contributed by atoms with van der Waals surface area (Å²) in [6, 6.07) is 0. The molecule has 3 atom stereocenters. The molecule has 0 aromatic rings. The predicted octanol–water partition coefficient (Wildman–Crippen LogP) is 3.95. The van der Waals surface area contributed by atoms with Gasteiger partial charge in [-0.25, -0.2) is 0 Å². The van der Waals surface area contributed by atoms with Crippen LogP contribution in [0.25, 0.3) is 0 Å². The lowest BCUT2D eigenvalue weighted by atomic mass is 9.61. The zero-order valence-corrected chi connectivity index (χ0v) is 18.4. The van der Waals surface area contributed by atoms with Crippen LogP contribution >= 0.6 is 0 Å². The summed E-state index contributed by atoms with van der Waals surface area (Å²) in [5.74, 6) is 1.42. The summed E-state index contributed by atoms with van der Waals surface area (Å²) in [6.07, 6.45) is 1.64. The van der Waals surface area contributed by atoms with Gasteiger partial charge in [-0.05, 0) is 67.4 Å². The molecule has 3 heterocycles. The molecule has 0 amide bonds. The van der Waals surface area contributed by atoms with E-state index < -0.39 is 11.1 Å². The van der Waals surface area contributed by atoms with Crippen molar-refractivity contribution in [3.8, 4) is 0 Å². The first kappa shape index (κ1) is 19.9. The van der Waals surface area contributed by atoms with Gasteiger partial charge < -0.3 is 15.4 Å². The number of carbonyl (C=O) groups is 1. The zero-order chi connectivity index (χ0) is 19.9. The maximum Gasteiger partial charge on any atom is 0.184 e. The number of hydrogen-bond acceptors (Lipinski definition) is 4. The minimum Gasteiger partial charge on any atom is -0.482 e. The van der Waals surface area contributed by atoms with Gasteiger partial charge in [-0.2, -0.15) is 0 Å². The standard InChI is InChI=1S/C22H38N2O2/c1-13-16-15(20(7,8)23-18(13,3)4)11-12-22(26-16)17(25)14(2)19(5,6)24-21(22,9)10/h13-14,23-24H,11-12H2,1-10H3/t13-,14-,22-/m1/s1. The number of nitrogens with one attached hydrogen (secondary N) is 2. The first-order chi connectivity index (χ1) is 11.6. The van der Waals surface area contributed by atoms with Crippen LogP contribution in [0, 0.1) is 11.8 Å². The van der Waals surface area contributed by atoms with Gasteiger partial charge in [0, 0.05) is 34.9 Å². The molecule has 0 aromatic carbocycles. The van der Waals surface area contributed by atoms with Gasteiger partial charge in [0.05, 0.1) is 5.54 Å². The Bertz CT molecular complexity index is 672. The van der Waals surface area contributed by atoms with E-state index in [0.29, 0.717) is 0 Å². The van der Waals surface area contributed by atoms with E-state index in [1.807, 2.05) is 6.92 Å². The second-order valence-electron chi connectivity index (χ2n) is 11.0. The molecule has 148 valence electrons. The quantitative estimate of drug-likeness (QED) is 0.685. The second-order valence-corrected chi connectivity index (χ2v) is 11.0. The molecule has 3 aliphatic rings. The molecule has 2 N–H and O–H groups in total. The summed E-state index contributed by atoms with van der Waals surface area (Å²) in [6.45, 7) is 21.7. The van der Waals surface area contributed by atoms with Gasteiger partial charge >= 0.3 is 0 Å². The maximum atomic E-state index is 13.6. The van der Waals surface area contributed by atoms with Gasteiger partial charge in [0.1, 0.15) is 5.76 Å². The summed E-state index contributed by atoms with van der Waals surface area (Å²) in [5, 5.41) is 7.53. The third-order valence-electron chi connectivity index (χ3n) is 7.69. The van der Waals surface area contributed by atoms with Crippen molar-refractivity contribution < 1.29 is 9.53 Å². The fourth-order valence-corrected chi connectivity index (χ4v) is 5.63. The van der Waals surface area contributed by atoms with E-state index in [1.54, 1.807) is 0 Å². The Balaban J connectivity index is 2.11. The highest BCUT2D eigenvalue weighted by Gasteiger charge is 2.64. The predicted molar refractivity (Wildman–Crippen MR) is 106 cm³/mol. The number of carbonyl (C=O) groups excluding carboxylic acids is 1. The van der Waals surface area contributed by atoms with E-state index in [1.165, 1.54) is 5.57 Å². The molecule has 0 aliphatic carbocycles. The molecule has 0 bridgehead atoms. The Hall–Kier alpha value is -0.870. The van der Waals surface area contributed by atoms with Crippen molar-refractivity contribution in [3.05, 3.63) is 11.3 Å². The lowest BCUT2D eigenvalue weighted by Crippen LogP contribution is -2.77. The minimum absolute atomic E-state index is 0.0823. The summed E-state index contributed by atoms with van der Waals surface area (Å²) in [4.78, 5) is 13.6. The van der Waals surface area contributed by atoms with Gasteiger partial charge in [0.15, 0.2) is 11.4 Å². The van der Waals surface area contributed by atoms with Crippen LogP contribution in [0.5, 0.6) is 0 Å². The number of hydrogen-bond donors (Lipinski definition) is 2. The van der Waals surface area contributed by atoms with E-state index in [4.69, 9.17) is 4.74 Å². The number of Topliss-reactive ketones (excluding diaryl/α,β-unsaturated/α-hetero) is 1. The monoisotopic (exact) mass is 362 g/mol. The fourth-order valence-electron chi connectivity index (χ4n) is 5.63. The Labute approximate surface area is 159 Å². The minimum atomic E-state index is -0.793. The third kappa shape index (κ3) is 2.51. The van der Waals surface area contributed by atoms with Crippen molar-refractivity contribution in [2.45, 2.75) is 110 Å². The van der Waals surface area contributed by atoms with Crippen molar-refractivity contribution in [2.24, 2.45) is 11.8 Å². The van der Waals surface area contributed by atoms with Gasteiger partial charge in [-0.15, -0.1) is 0 Å².